The maximum Gasteiger partial charge on any atom is 0.254 e. The Morgan fingerprint density at radius 1 is 0.750 bits per heavy atom. The fraction of sp³-hybridized carbons (Fsp3) is 0.103. The van der Waals surface area contributed by atoms with Crippen molar-refractivity contribution >= 4 is 17.5 Å². The molecule has 6 nitrogen and oxygen atoms in total. The van der Waals surface area contributed by atoms with Crippen LogP contribution in [0.2, 0.25) is 0 Å². The summed E-state index contributed by atoms with van der Waals surface area (Å²) in [6.45, 7) is 0.155. The molecule has 4 aromatic rings. The van der Waals surface area contributed by atoms with Gasteiger partial charge < -0.3 is 20.1 Å². The Bertz CT molecular complexity index is 1280. The Hall–Kier alpha value is -4.49. The van der Waals surface area contributed by atoms with E-state index in [2.05, 4.69) is 10.6 Å². The molecular weight excluding hydrogens is 459 g/mol. The van der Waals surface area contributed by atoms with Crippen molar-refractivity contribution in [2.24, 2.45) is 0 Å². The van der Waals surface area contributed by atoms with Crippen LogP contribution in [0, 0.1) is 5.82 Å². The van der Waals surface area contributed by atoms with Crippen LogP contribution in [-0.2, 0) is 16.1 Å². The molecule has 0 fully saturated rings. The maximum atomic E-state index is 14.1. The predicted octanol–water partition coefficient (Wildman–Crippen LogP) is 5.57. The van der Waals surface area contributed by atoms with Gasteiger partial charge in [-0.15, -0.1) is 0 Å². The molecule has 0 saturated carbocycles. The van der Waals surface area contributed by atoms with E-state index in [4.69, 9.17) is 9.47 Å². The van der Waals surface area contributed by atoms with E-state index in [1.54, 1.807) is 30.3 Å². The van der Waals surface area contributed by atoms with E-state index in [1.165, 1.54) is 18.2 Å². The molecular formula is C29H25FN2O4. The standard InChI is InChI=1S/C29H25FN2O4/c30-26-14-8-7-13-25(26)28(33)32-27(20-35-19-21-9-3-1-4-10-21)29(34)31-22-15-17-24(18-16-22)36-23-11-5-2-6-12-23/h1-18,27H,19-20H2,(H,31,34)(H,32,33). The third-order valence-electron chi connectivity index (χ3n) is 5.24. The quantitative estimate of drug-likeness (QED) is 0.309. The fourth-order valence-corrected chi connectivity index (χ4v) is 3.39. The number of rotatable bonds is 10. The monoisotopic (exact) mass is 484 g/mol. The first-order chi connectivity index (χ1) is 17.6. The molecule has 0 saturated heterocycles. The van der Waals surface area contributed by atoms with Crippen molar-refractivity contribution < 1.29 is 23.5 Å². The van der Waals surface area contributed by atoms with Crippen LogP contribution in [0.1, 0.15) is 15.9 Å². The first-order valence-electron chi connectivity index (χ1n) is 11.4. The van der Waals surface area contributed by atoms with Crippen molar-refractivity contribution in [3.63, 3.8) is 0 Å². The number of carbonyl (C=O) groups excluding carboxylic acids is 2. The number of benzene rings is 4. The summed E-state index contributed by atoms with van der Waals surface area (Å²) < 4.78 is 25.6. The van der Waals surface area contributed by atoms with Crippen molar-refractivity contribution in [2.75, 3.05) is 11.9 Å². The minimum Gasteiger partial charge on any atom is -0.457 e. The third-order valence-corrected chi connectivity index (χ3v) is 5.24. The third kappa shape index (κ3) is 7.01. The molecule has 7 heteroatoms. The molecule has 0 bridgehead atoms. The number of hydrogen-bond acceptors (Lipinski definition) is 4. The Kier molecular flexibility index (Phi) is 8.40. The molecule has 2 N–H and O–H groups in total. The van der Waals surface area contributed by atoms with Crippen LogP contribution in [0.15, 0.2) is 109 Å². The van der Waals surface area contributed by atoms with Gasteiger partial charge in [0.15, 0.2) is 0 Å². The fourth-order valence-electron chi connectivity index (χ4n) is 3.39. The number of para-hydroxylation sites is 1. The predicted molar refractivity (Wildman–Crippen MR) is 135 cm³/mol. The second kappa shape index (κ2) is 12.3. The number of nitrogens with one attached hydrogen (secondary N) is 2. The first-order valence-corrected chi connectivity index (χ1v) is 11.4. The molecule has 4 aromatic carbocycles. The second-order valence-electron chi connectivity index (χ2n) is 7.94. The summed E-state index contributed by atoms with van der Waals surface area (Å²) in [4.78, 5) is 25.7. The SMILES string of the molecule is O=C(NC(COCc1ccccc1)C(=O)Nc1ccc(Oc2ccccc2)cc1)c1ccccc1F. The first kappa shape index (κ1) is 24.6. The lowest BCUT2D eigenvalue weighted by atomic mass is 10.1. The lowest BCUT2D eigenvalue weighted by molar-refractivity contribution is -0.119. The molecule has 182 valence electrons. The summed E-state index contributed by atoms with van der Waals surface area (Å²) >= 11 is 0. The van der Waals surface area contributed by atoms with Crippen LogP contribution in [-0.4, -0.2) is 24.5 Å². The molecule has 0 heterocycles. The highest BCUT2D eigenvalue weighted by Crippen LogP contribution is 2.22. The van der Waals surface area contributed by atoms with Crippen LogP contribution in [0.5, 0.6) is 11.5 Å². The van der Waals surface area contributed by atoms with Gasteiger partial charge in [-0.2, -0.15) is 0 Å². The minimum absolute atomic E-state index is 0.101. The van der Waals surface area contributed by atoms with Gasteiger partial charge in [-0.25, -0.2) is 4.39 Å². The van der Waals surface area contributed by atoms with Gasteiger partial charge in [0.05, 0.1) is 18.8 Å². The Morgan fingerprint density at radius 2 is 1.36 bits per heavy atom. The van der Waals surface area contributed by atoms with Gasteiger partial charge in [0.1, 0.15) is 23.4 Å². The molecule has 36 heavy (non-hydrogen) atoms. The van der Waals surface area contributed by atoms with Crippen molar-refractivity contribution in [1.82, 2.24) is 5.32 Å². The second-order valence-corrected chi connectivity index (χ2v) is 7.94. The summed E-state index contributed by atoms with van der Waals surface area (Å²) in [6.07, 6.45) is 0. The van der Waals surface area contributed by atoms with Gasteiger partial charge in [0, 0.05) is 5.69 Å². The number of hydrogen-bond donors (Lipinski definition) is 2. The van der Waals surface area contributed by atoms with E-state index in [0.717, 1.165) is 5.56 Å². The van der Waals surface area contributed by atoms with E-state index in [0.29, 0.717) is 17.2 Å². The largest absolute Gasteiger partial charge is 0.457 e. The average Bonchev–Trinajstić information content (AvgIpc) is 2.90. The lowest BCUT2D eigenvalue weighted by Crippen LogP contribution is -2.47. The van der Waals surface area contributed by atoms with Crippen molar-refractivity contribution in [3.05, 3.63) is 126 Å². The van der Waals surface area contributed by atoms with Crippen molar-refractivity contribution in [1.29, 1.82) is 0 Å². The van der Waals surface area contributed by atoms with Gasteiger partial charge in [-0.05, 0) is 54.1 Å². The molecule has 4 rings (SSSR count). The zero-order valence-corrected chi connectivity index (χ0v) is 19.4. The summed E-state index contributed by atoms with van der Waals surface area (Å²) in [5.41, 5.74) is 1.28. The summed E-state index contributed by atoms with van der Waals surface area (Å²) in [5.74, 6) is -0.573. The summed E-state index contributed by atoms with van der Waals surface area (Å²) in [5, 5.41) is 5.35. The molecule has 0 aliphatic heterocycles. The van der Waals surface area contributed by atoms with Crippen LogP contribution in [0.3, 0.4) is 0 Å². The molecule has 1 unspecified atom stereocenters. The lowest BCUT2D eigenvalue weighted by Gasteiger charge is -2.19. The number of ether oxygens (including phenoxy) is 2. The topological polar surface area (TPSA) is 76.7 Å². The molecule has 2 amide bonds. The van der Waals surface area contributed by atoms with Crippen molar-refractivity contribution in [2.45, 2.75) is 12.6 Å². The van der Waals surface area contributed by atoms with Gasteiger partial charge in [-0.3, -0.25) is 9.59 Å². The Morgan fingerprint density at radius 3 is 2.06 bits per heavy atom. The van der Waals surface area contributed by atoms with Crippen LogP contribution >= 0.6 is 0 Å². The summed E-state index contributed by atoms with van der Waals surface area (Å²) in [6, 6.07) is 30.1. The smallest absolute Gasteiger partial charge is 0.254 e. The van der Waals surface area contributed by atoms with E-state index < -0.39 is 23.7 Å². The van der Waals surface area contributed by atoms with Crippen LogP contribution in [0.4, 0.5) is 10.1 Å². The molecule has 1 atom stereocenters. The minimum atomic E-state index is -1.05. The normalized spacial score (nSPS) is 11.4. The van der Waals surface area contributed by atoms with Gasteiger partial charge in [-0.1, -0.05) is 60.7 Å². The highest BCUT2D eigenvalue weighted by molar-refractivity contribution is 6.01. The van der Waals surface area contributed by atoms with E-state index in [-0.39, 0.29) is 18.8 Å². The summed E-state index contributed by atoms with van der Waals surface area (Å²) in [7, 11) is 0. The van der Waals surface area contributed by atoms with Crippen molar-refractivity contribution in [3.8, 4) is 11.5 Å². The zero-order chi connectivity index (χ0) is 25.2. The molecule has 0 aromatic heterocycles. The number of amides is 2. The molecule has 0 radical (unpaired) electrons. The Labute approximate surface area is 208 Å². The Balaban J connectivity index is 1.42. The van der Waals surface area contributed by atoms with Crippen LogP contribution < -0.4 is 15.4 Å². The van der Waals surface area contributed by atoms with E-state index in [9.17, 15) is 14.0 Å². The highest BCUT2D eigenvalue weighted by atomic mass is 19.1. The van der Waals surface area contributed by atoms with E-state index in [1.807, 2.05) is 60.7 Å². The highest BCUT2D eigenvalue weighted by Gasteiger charge is 2.23. The van der Waals surface area contributed by atoms with E-state index >= 15 is 0 Å². The average molecular weight is 485 g/mol. The zero-order valence-electron chi connectivity index (χ0n) is 19.4. The van der Waals surface area contributed by atoms with Crippen LogP contribution in [0.25, 0.3) is 0 Å². The number of anilines is 1. The van der Waals surface area contributed by atoms with Gasteiger partial charge in [0.2, 0.25) is 5.91 Å². The number of carbonyl (C=O) groups is 2. The van der Waals surface area contributed by atoms with Gasteiger partial charge in [0.25, 0.3) is 5.91 Å². The maximum absolute atomic E-state index is 14.1. The molecule has 0 aliphatic rings. The number of halogens is 1. The molecule has 0 spiro atoms. The van der Waals surface area contributed by atoms with Gasteiger partial charge >= 0.3 is 0 Å². The molecule has 0 aliphatic carbocycles.